The Kier molecular flexibility index (Phi) is 6.51. The fourth-order valence-electron chi connectivity index (χ4n) is 2.11. The van der Waals surface area contributed by atoms with Gasteiger partial charge in [-0.1, -0.05) is 54.0 Å². The summed E-state index contributed by atoms with van der Waals surface area (Å²) in [5.74, 6) is 0.553. The molecule has 3 heteroatoms. The smallest absolute Gasteiger partial charge is 0.100 e. The van der Waals surface area contributed by atoms with Crippen molar-refractivity contribution in [2.75, 3.05) is 19.0 Å². The predicted molar refractivity (Wildman–Crippen MR) is 84.1 cm³/mol. The average molecular weight is 329 g/mol. The Labute approximate surface area is 125 Å². The van der Waals surface area contributed by atoms with E-state index in [1.54, 1.807) is 7.11 Å². The molecule has 0 N–H and O–H groups in total. The summed E-state index contributed by atoms with van der Waals surface area (Å²) in [6.45, 7) is 9.16. The first-order valence-corrected chi connectivity index (χ1v) is 7.88. The molecule has 0 amide bonds. The first-order chi connectivity index (χ1) is 8.92. The maximum Gasteiger partial charge on any atom is 0.100 e. The molecule has 2 nitrogen and oxygen atoms in total. The van der Waals surface area contributed by atoms with Crippen molar-refractivity contribution in [2.24, 2.45) is 0 Å². The maximum atomic E-state index is 6.14. The third kappa shape index (κ3) is 4.59. The molecule has 1 aromatic rings. The second kappa shape index (κ2) is 7.41. The second-order valence-electron chi connectivity index (χ2n) is 5.53. The number of benzene rings is 1. The molecule has 0 radical (unpaired) electrons. The molecule has 0 saturated heterocycles. The number of rotatable bonds is 7. The Balaban J connectivity index is 2.88. The molecule has 0 aliphatic heterocycles. The van der Waals surface area contributed by atoms with E-state index < -0.39 is 0 Å². The van der Waals surface area contributed by atoms with Crippen LogP contribution in [0.4, 0.5) is 0 Å². The normalized spacial score (nSPS) is 16.4. The quantitative estimate of drug-likeness (QED) is 0.687. The van der Waals surface area contributed by atoms with Gasteiger partial charge in [0.15, 0.2) is 0 Å². The second-order valence-corrected chi connectivity index (χ2v) is 6.09. The minimum atomic E-state index is -0.326. The van der Waals surface area contributed by atoms with Crippen molar-refractivity contribution in [2.45, 2.75) is 45.3 Å². The van der Waals surface area contributed by atoms with Crippen LogP contribution in [0.15, 0.2) is 24.3 Å². The number of ether oxygens (including phenoxy) is 2. The molecule has 2 atom stereocenters. The number of hydrogen-bond acceptors (Lipinski definition) is 2. The minimum absolute atomic E-state index is 0.0670. The van der Waals surface area contributed by atoms with Crippen LogP contribution in [-0.2, 0) is 15.1 Å². The molecule has 0 saturated carbocycles. The molecular formula is C16H25BrO2. The summed E-state index contributed by atoms with van der Waals surface area (Å²) in [7, 11) is 1.70. The van der Waals surface area contributed by atoms with Crippen molar-refractivity contribution in [1.82, 2.24) is 0 Å². The Bertz CT molecular complexity index is 375. The lowest BCUT2D eigenvalue weighted by Crippen LogP contribution is -2.33. The molecule has 19 heavy (non-hydrogen) atoms. The molecule has 0 fully saturated rings. The number of hydrogen-bond donors (Lipinski definition) is 0. The zero-order valence-corrected chi connectivity index (χ0v) is 14.2. The highest BCUT2D eigenvalue weighted by Crippen LogP contribution is 2.30. The van der Waals surface area contributed by atoms with Crippen molar-refractivity contribution in [3.05, 3.63) is 35.4 Å². The van der Waals surface area contributed by atoms with Crippen LogP contribution >= 0.6 is 15.9 Å². The Morgan fingerprint density at radius 3 is 2.16 bits per heavy atom. The van der Waals surface area contributed by atoms with Gasteiger partial charge in [-0.3, -0.25) is 0 Å². The van der Waals surface area contributed by atoms with Crippen molar-refractivity contribution < 1.29 is 9.47 Å². The lowest BCUT2D eigenvalue weighted by atomic mass is 9.94. The summed E-state index contributed by atoms with van der Waals surface area (Å²) in [5, 5.41) is 0.759. The van der Waals surface area contributed by atoms with Gasteiger partial charge in [0.05, 0.1) is 12.7 Å². The van der Waals surface area contributed by atoms with Gasteiger partial charge in [0.25, 0.3) is 0 Å². The summed E-state index contributed by atoms with van der Waals surface area (Å²) in [6, 6.07) is 8.70. The molecule has 1 rings (SSSR count). The molecule has 0 aromatic heterocycles. The Hall–Kier alpha value is -0.380. The maximum absolute atomic E-state index is 6.14. The van der Waals surface area contributed by atoms with Crippen LogP contribution in [0.5, 0.6) is 0 Å². The van der Waals surface area contributed by atoms with E-state index in [2.05, 4.69) is 61.0 Å². The van der Waals surface area contributed by atoms with E-state index >= 15 is 0 Å². The van der Waals surface area contributed by atoms with Crippen LogP contribution in [0.2, 0.25) is 0 Å². The number of methoxy groups -OCH3 is 1. The molecule has 0 bridgehead atoms. The molecule has 0 aliphatic rings. The molecule has 0 aliphatic carbocycles. The first-order valence-electron chi connectivity index (χ1n) is 6.76. The first kappa shape index (κ1) is 16.7. The fourth-order valence-corrected chi connectivity index (χ4v) is 2.57. The lowest BCUT2D eigenvalue weighted by molar-refractivity contribution is -0.0884. The van der Waals surface area contributed by atoms with E-state index in [1.807, 2.05) is 6.92 Å². The van der Waals surface area contributed by atoms with Crippen molar-refractivity contribution in [3.63, 3.8) is 0 Å². The third-order valence-corrected chi connectivity index (χ3v) is 4.38. The molecule has 1 aromatic carbocycles. The third-order valence-electron chi connectivity index (χ3n) is 3.31. The van der Waals surface area contributed by atoms with Crippen LogP contribution in [0.3, 0.4) is 0 Å². The predicted octanol–water partition coefficient (Wildman–Crippen LogP) is 4.47. The summed E-state index contributed by atoms with van der Waals surface area (Å²) in [4.78, 5) is 0. The summed E-state index contributed by atoms with van der Waals surface area (Å²) < 4.78 is 11.3. The highest BCUT2D eigenvalue weighted by Gasteiger charge is 2.28. The topological polar surface area (TPSA) is 18.5 Å². The van der Waals surface area contributed by atoms with Crippen LogP contribution in [-0.4, -0.2) is 25.2 Å². The van der Waals surface area contributed by atoms with Gasteiger partial charge in [0, 0.05) is 12.4 Å². The van der Waals surface area contributed by atoms with E-state index in [-0.39, 0.29) is 11.7 Å². The van der Waals surface area contributed by atoms with Gasteiger partial charge in [-0.2, -0.15) is 0 Å². The van der Waals surface area contributed by atoms with Gasteiger partial charge in [-0.25, -0.2) is 0 Å². The van der Waals surface area contributed by atoms with Gasteiger partial charge >= 0.3 is 0 Å². The van der Waals surface area contributed by atoms with Gasteiger partial charge in [0.2, 0.25) is 0 Å². The van der Waals surface area contributed by atoms with Crippen LogP contribution in [0, 0.1) is 0 Å². The van der Waals surface area contributed by atoms with Crippen molar-refractivity contribution in [1.29, 1.82) is 0 Å². The summed E-state index contributed by atoms with van der Waals surface area (Å²) >= 11 is 3.57. The van der Waals surface area contributed by atoms with Crippen LogP contribution in [0.1, 0.15) is 44.7 Å². The zero-order valence-electron chi connectivity index (χ0n) is 12.6. The van der Waals surface area contributed by atoms with Gasteiger partial charge in [-0.05, 0) is 30.9 Å². The minimum Gasteiger partial charge on any atom is -0.382 e. The number of halogens is 1. The monoisotopic (exact) mass is 328 g/mol. The molecular weight excluding hydrogens is 304 g/mol. The molecule has 0 spiro atoms. The van der Waals surface area contributed by atoms with Gasteiger partial charge < -0.3 is 9.47 Å². The molecule has 0 heterocycles. The van der Waals surface area contributed by atoms with E-state index in [0.717, 1.165) is 5.33 Å². The van der Waals surface area contributed by atoms with Crippen LogP contribution in [0.25, 0.3) is 0 Å². The van der Waals surface area contributed by atoms with E-state index in [1.165, 1.54) is 11.1 Å². The van der Waals surface area contributed by atoms with Crippen molar-refractivity contribution >= 4 is 15.9 Å². The Morgan fingerprint density at radius 1 is 1.16 bits per heavy atom. The zero-order chi connectivity index (χ0) is 14.5. The highest BCUT2D eigenvalue weighted by atomic mass is 79.9. The largest absolute Gasteiger partial charge is 0.382 e. The summed E-state index contributed by atoms with van der Waals surface area (Å²) in [6.07, 6.45) is 0.0670. The standard InChI is InChI=1S/C16H25BrO2/c1-12(2)14-6-8-15(9-7-14)16(4,11-17)19-13(3)10-18-5/h6-9,12-13H,10-11H2,1-5H3. The van der Waals surface area contributed by atoms with E-state index in [4.69, 9.17) is 9.47 Å². The fraction of sp³-hybridized carbons (Fsp3) is 0.625. The lowest BCUT2D eigenvalue weighted by Gasteiger charge is -2.32. The molecule has 2 unspecified atom stereocenters. The highest BCUT2D eigenvalue weighted by molar-refractivity contribution is 9.09. The summed E-state index contributed by atoms with van der Waals surface area (Å²) in [5.41, 5.74) is 2.22. The van der Waals surface area contributed by atoms with Crippen molar-refractivity contribution in [3.8, 4) is 0 Å². The van der Waals surface area contributed by atoms with Gasteiger partial charge in [0.1, 0.15) is 5.60 Å². The molecule has 108 valence electrons. The van der Waals surface area contributed by atoms with E-state index in [9.17, 15) is 0 Å². The van der Waals surface area contributed by atoms with E-state index in [0.29, 0.717) is 12.5 Å². The average Bonchev–Trinajstić information content (AvgIpc) is 2.39. The number of alkyl halides is 1. The Morgan fingerprint density at radius 2 is 1.74 bits per heavy atom. The van der Waals surface area contributed by atoms with Crippen LogP contribution < -0.4 is 0 Å². The van der Waals surface area contributed by atoms with Gasteiger partial charge in [-0.15, -0.1) is 0 Å². The SMILES string of the molecule is COCC(C)OC(C)(CBr)c1ccc(C(C)C)cc1.